The molecule has 2 N–H and O–H groups in total. The molecule has 0 aliphatic rings. The Hall–Kier alpha value is -3.67. The fraction of sp³-hybridized carbons (Fsp3) is 0.0833. The van der Waals surface area contributed by atoms with Crippen LogP contribution in [0.15, 0.2) is 65.8 Å². The van der Waals surface area contributed by atoms with Gasteiger partial charge in [-0.3, -0.25) is 0 Å². The van der Waals surface area contributed by atoms with Crippen LogP contribution in [0.5, 0.6) is 0 Å². The first-order chi connectivity index (χ1) is 15.3. The standard InChI is InChI=1S/C24H18N4O2S2/c1-14-18-9-10-26-21(18)8-7-20(14)28-23-16(12-25)13-27-24-19(23)11-22(31-24)15-3-5-17(6-4-15)32(2,29)30/h3-11,13,26H,1-2H3,(H,27,28). The molecular formula is C24H18N4O2S2. The molecule has 3 heterocycles. The van der Waals surface area contributed by atoms with Gasteiger partial charge in [0.05, 0.1) is 16.1 Å². The number of benzene rings is 2. The summed E-state index contributed by atoms with van der Waals surface area (Å²) < 4.78 is 23.5. The number of nitriles is 1. The summed E-state index contributed by atoms with van der Waals surface area (Å²) in [6.07, 6.45) is 4.69. The number of nitrogens with zero attached hydrogens (tertiary/aromatic N) is 2. The van der Waals surface area contributed by atoms with Gasteiger partial charge in [0, 0.05) is 45.5 Å². The van der Waals surface area contributed by atoms with Crippen molar-refractivity contribution < 1.29 is 8.42 Å². The lowest BCUT2D eigenvalue weighted by atomic mass is 10.1. The van der Waals surface area contributed by atoms with Gasteiger partial charge in [-0.05, 0) is 54.4 Å². The highest BCUT2D eigenvalue weighted by atomic mass is 32.2. The molecule has 0 saturated carbocycles. The Balaban J connectivity index is 1.61. The van der Waals surface area contributed by atoms with Crippen LogP contribution in [0.1, 0.15) is 11.1 Å². The molecule has 0 unspecified atom stereocenters. The Bertz CT molecular complexity index is 1640. The Labute approximate surface area is 189 Å². The maximum atomic E-state index is 11.8. The minimum atomic E-state index is -3.25. The predicted octanol–water partition coefficient (Wildman–Crippen LogP) is 5.77. The van der Waals surface area contributed by atoms with Crippen molar-refractivity contribution in [2.75, 3.05) is 11.6 Å². The Kier molecular flexibility index (Phi) is 4.73. The zero-order valence-corrected chi connectivity index (χ0v) is 18.9. The quantitative estimate of drug-likeness (QED) is 0.356. The van der Waals surface area contributed by atoms with E-state index in [2.05, 4.69) is 21.4 Å². The number of hydrogen-bond acceptors (Lipinski definition) is 6. The molecule has 0 aliphatic heterocycles. The maximum Gasteiger partial charge on any atom is 0.175 e. The molecule has 0 saturated heterocycles. The van der Waals surface area contributed by atoms with Crippen LogP contribution >= 0.6 is 11.3 Å². The summed E-state index contributed by atoms with van der Waals surface area (Å²) in [5.41, 5.74) is 5.14. The summed E-state index contributed by atoms with van der Waals surface area (Å²) in [5, 5.41) is 15.1. The molecular weight excluding hydrogens is 440 g/mol. The summed E-state index contributed by atoms with van der Waals surface area (Å²) in [7, 11) is -3.25. The first-order valence-electron chi connectivity index (χ1n) is 9.82. The third-order valence-electron chi connectivity index (χ3n) is 5.51. The molecule has 0 bridgehead atoms. The van der Waals surface area contributed by atoms with Crippen LogP contribution in [0.3, 0.4) is 0 Å². The Morgan fingerprint density at radius 3 is 2.59 bits per heavy atom. The number of anilines is 2. The topological polar surface area (TPSA) is 98.6 Å². The van der Waals surface area contributed by atoms with E-state index < -0.39 is 9.84 Å². The number of aryl methyl sites for hydroxylation is 1. The number of pyridine rings is 1. The van der Waals surface area contributed by atoms with Crippen molar-refractivity contribution in [2.45, 2.75) is 11.8 Å². The lowest BCUT2D eigenvalue weighted by molar-refractivity contribution is 0.602. The third-order valence-corrected chi connectivity index (χ3v) is 7.73. The minimum absolute atomic E-state index is 0.283. The van der Waals surface area contributed by atoms with Gasteiger partial charge in [0.15, 0.2) is 9.84 Å². The number of fused-ring (bicyclic) bond motifs is 2. The molecule has 0 radical (unpaired) electrons. The molecule has 0 spiro atoms. The van der Waals surface area contributed by atoms with Crippen LogP contribution in [0.4, 0.5) is 11.4 Å². The van der Waals surface area contributed by atoms with Gasteiger partial charge in [-0.25, -0.2) is 13.4 Å². The van der Waals surface area contributed by atoms with Crippen molar-refractivity contribution in [3.63, 3.8) is 0 Å². The van der Waals surface area contributed by atoms with Crippen LogP contribution in [-0.4, -0.2) is 24.6 Å². The molecule has 0 aliphatic carbocycles. The van der Waals surface area contributed by atoms with Gasteiger partial charge < -0.3 is 10.3 Å². The summed E-state index contributed by atoms with van der Waals surface area (Å²) in [5.74, 6) is 0. The van der Waals surface area contributed by atoms with Crippen molar-refractivity contribution in [3.8, 4) is 16.5 Å². The van der Waals surface area contributed by atoms with Crippen LogP contribution in [0.25, 0.3) is 31.6 Å². The van der Waals surface area contributed by atoms with Crippen LogP contribution < -0.4 is 5.32 Å². The third kappa shape index (κ3) is 3.42. The van der Waals surface area contributed by atoms with Gasteiger partial charge in [0.1, 0.15) is 10.9 Å². The Morgan fingerprint density at radius 2 is 1.88 bits per heavy atom. The second-order valence-corrected chi connectivity index (χ2v) is 10.6. The largest absolute Gasteiger partial charge is 0.361 e. The van der Waals surface area contributed by atoms with E-state index in [1.807, 2.05) is 37.4 Å². The van der Waals surface area contributed by atoms with Gasteiger partial charge in [-0.15, -0.1) is 11.3 Å². The Morgan fingerprint density at radius 1 is 1.09 bits per heavy atom. The average molecular weight is 459 g/mol. The predicted molar refractivity (Wildman–Crippen MR) is 129 cm³/mol. The van der Waals surface area contributed by atoms with Crippen molar-refractivity contribution in [1.82, 2.24) is 9.97 Å². The van der Waals surface area contributed by atoms with E-state index in [-0.39, 0.29) is 4.90 Å². The summed E-state index contributed by atoms with van der Waals surface area (Å²) in [6.45, 7) is 2.05. The van der Waals surface area contributed by atoms with Crippen molar-refractivity contribution in [1.29, 1.82) is 5.26 Å². The zero-order valence-electron chi connectivity index (χ0n) is 17.3. The number of rotatable bonds is 4. The highest BCUT2D eigenvalue weighted by molar-refractivity contribution is 7.90. The highest BCUT2D eigenvalue weighted by Crippen LogP contribution is 2.39. The fourth-order valence-electron chi connectivity index (χ4n) is 3.77. The van der Waals surface area contributed by atoms with E-state index in [0.29, 0.717) is 11.3 Å². The normalized spacial score (nSPS) is 11.7. The number of sulfone groups is 1. The van der Waals surface area contributed by atoms with E-state index in [1.165, 1.54) is 17.6 Å². The zero-order chi connectivity index (χ0) is 22.5. The smallest absolute Gasteiger partial charge is 0.175 e. The van der Waals surface area contributed by atoms with Gasteiger partial charge in [0.2, 0.25) is 0 Å². The number of aromatic nitrogens is 2. The molecule has 0 fully saturated rings. The number of nitrogens with one attached hydrogen (secondary N) is 2. The summed E-state index contributed by atoms with van der Waals surface area (Å²) in [4.78, 5) is 9.72. The highest BCUT2D eigenvalue weighted by Gasteiger charge is 2.16. The molecule has 3 aromatic heterocycles. The summed E-state index contributed by atoms with van der Waals surface area (Å²) >= 11 is 1.50. The second kappa shape index (κ2) is 7.48. The second-order valence-electron chi connectivity index (χ2n) is 7.59. The molecule has 5 rings (SSSR count). The minimum Gasteiger partial charge on any atom is -0.361 e. The van der Waals surface area contributed by atoms with Crippen LogP contribution in [0, 0.1) is 18.3 Å². The molecule has 32 heavy (non-hydrogen) atoms. The first kappa shape index (κ1) is 20.2. The number of H-pyrrole nitrogens is 1. The van der Waals surface area contributed by atoms with Crippen molar-refractivity contribution in [3.05, 3.63) is 72.1 Å². The van der Waals surface area contributed by atoms with Gasteiger partial charge in [-0.1, -0.05) is 12.1 Å². The van der Waals surface area contributed by atoms with Crippen LogP contribution in [0.2, 0.25) is 0 Å². The van der Waals surface area contributed by atoms with Gasteiger partial charge >= 0.3 is 0 Å². The summed E-state index contributed by atoms with van der Waals surface area (Å²) in [6, 6.07) is 17.1. The van der Waals surface area contributed by atoms with E-state index in [0.717, 1.165) is 42.8 Å². The first-order valence-corrected chi connectivity index (χ1v) is 12.5. The van der Waals surface area contributed by atoms with E-state index in [9.17, 15) is 13.7 Å². The lowest BCUT2D eigenvalue weighted by Gasteiger charge is -2.12. The molecule has 0 amide bonds. The fourth-order valence-corrected chi connectivity index (χ4v) is 5.42. The van der Waals surface area contributed by atoms with Crippen molar-refractivity contribution >= 4 is 53.7 Å². The molecule has 158 valence electrons. The van der Waals surface area contributed by atoms with E-state index in [4.69, 9.17) is 0 Å². The molecule has 6 nitrogen and oxygen atoms in total. The molecule has 0 atom stereocenters. The van der Waals surface area contributed by atoms with Gasteiger partial charge in [-0.2, -0.15) is 5.26 Å². The average Bonchev–Trinajstić information content (AvgIpc) is 3.43. The molecule has 5 aromatic rings. The lowest BCUT2D eigenvalue weighted by Crippen LogP contribution is -1.97. The van der Waals surface area contributed by atoms with Gasteiger partial charge in [0.25, 0.3) is 0 Å². The monoisotopic (exact) mass is 458 g/mol. The number of hydrogen-bond donors (Lipinski definition) is 2. The van der Waals surface area contributed by atoms with E-state index >= 15 is 0 Å². The molecule has 2 aromatic carbocycles. The van der Waals surface area contributed by atoms with Crippen molar-refractivity contribution in [2.24, 2.45) is 0 Å². The SMILES string of the molecule is Cc1c(Nc2c(C#N)cnc3sc(-c4ccc(S(C)(=O)=O)cc4)cc23)ccc2[nH]ccc12. The van der Waals surface area contributed by atoms with Crippen LogP contribution in [-0.2, 0) is 9.84 Å². The molecule has 8 heteroatoms. The maximum absolute atomic E-state index is 11.8. The van der Waals surface area contributed by atoms with E-state index in [1.54, 1.807) is 30.5 Å². The number of aromatic amines is 1. The number of thiophene rings is 1.